The van der Waals surface area contributed by atoms with Gasteiger partial charge in [-0.2, -0.15) is 5.10 Å². The van der Waals surface area contributed by atoms with E-state index >= 15 is 0 Å². The van der Waals surface area contributed by atoms with Gasteiger partial charge in [0.25, 0.3) is 11.5 Å². The Morgan fingerprint density at radius 1 is 1.30 bits per heavy atom. The average molecular weight is 378 g/mol. The number of nitrogens with zero attached hydrogens (tertiary/aromatic N) is 2. The second-order valence-corrected chi connectivity index (χ2v) is 6.63. The molecule has 1 saturated carbocycles. The van der Waals surface area contributed by atoms with Crippen molar-refractivity contribution in [2.75, 3.05) is 0 Å². The molecule has 9 nitrogen and oxygen atoms in total. The third-order valence-electron chi connectivity index (χ3n) is 4.38. The van der Waals surface area contributed by atoms with E-state index in [1.54, 1.807) is 0 Å². The van der Waals surface area contributed by atoms with E-state index in [-0.39, 0.29) is 17.3 Å². The van der Waals surface area contributed by atoms with Gasteiger partial charge in [-0.15, -0.1) is 0 Å². The Hall–Kier alpha value is -2.71. The number of hydrogen-bond acceptors (Lipinski definition) is 6. The van der Waals surface area contributed by atoms with Gasteiger partial charge in [0.1, 0.15) is 0 Å². The summed E-state index contributed by atoms with van der Waals surface area (Å²) in [5, 5.41) is 8.86. The van der Waals surface area contributed by atoms with E-state index in [1.165, 1.54) is 23.7 Å². The maximum Gasteiger partial charge on any atom is 0.359 e. The van der Waals surface area contributed by atoms with Crippen LogP contribution in [0.3, 0.4) is 0 Å². The van der Waals surface area contributed by atoms with E-state index in [2.05, 4.69) is 15.7 Å². The Bertz CT molecular complexity index is 740. The number of nitrogens with one attached hydrogen (secondary N) is 2. The van der Waals surface area contributed by atoms with Crippen molar-refractivity contribution in [3.8, 4) is 0 Å². The lowest BCUT2D eigenvalue weighted by Crippen LogP contribution is -2.47. The number of aromatic nitrogens is 2. The van der Waals surface area contributed by atoms with Crippen LogP contribution in [-0.2, 0) is 16.1 Å². The zero-order valence-electron chi connectivity index (χ0n) is 15.7. The molecule has 2 N–H and O–H groups in total. The molecule has 1 aromatic rings. The van der Waals surface area contributed by atoms with E-state index in [1.807, 2.05) is 6.92 Å². The predicted octanol–water partition coefficient (Wildman–Crippen LogP) is 1.36. The summed E-state index contributed by atoms with van der Waals surface area (Å²) in [5.74, 6) is -1.56. The Labute approximate surface area is 157 Å². The highest BCUT2D eigenvalue weighted by Gasteiger charge is 2.23. The van der Waals surface area contributed by atoms with Crippen molar-refractivity contribution in [3.63, 3.8) is 0 Å². The summed E-state index contributed by atoms with van der Waals surface area (Å²) in [6, 6.07) is 1.97. The van der Waals surface area contributed by atoms with Crippen LogP contribution in [0.4, 0.5) is 4.79 Å². The van der Waals surface area contributed by atoms with Crippen molar-refractivity contribution in [1.29, 1.82) is 0 Å². The van der Waals surface area contributed by atoms with Crippen molar-refractivity contribution in [3.05, 3.63) is 28.2 Å². The number of unbranched alkanes of at least 4 members (excludes halogenated alkanes) is 1. The first-order valence-corrected chi connectivity index (χ1v) is 9.31. The number of imide groups is 1. The van der Waals surface area contributed by atoms with Crippen molar-refractivity contribution in [2.24, 2.45) is 0 Å². The molecule has 0 spiro atoms. The predicted molar refractivity (Wildman–Crippen MR) is 97.2 cm³/mol. The molecule has 0 bridgehead atoms. The molecule has 1 aliphatic carbocycles. The number of carbonyl (C=O) groups is 3. The third kappa shape index (κ3) is 6.19. The van der Waals surface area contributed by atoms with Crippen LogP contribution in [-0.4, -0.2) is 39.8 Å². The lowest BCUT2D eigenvalue weighted by Gasteiger charge is -2.15. The lowest BCUT2D eigenvalue weighted by atomic mass is 10.2. The molecule has 1 heterocycles. The number of rotatable bonds is 7. The molecule has 27 heavy (non-hydrogen) atoms. The zero-order chi connectivity index (χ0) is 19.8. The number of hydrogen-bond donors (Lipinski definition) is 2. The molecule has 0 aliphatic heterocycles. The minimum Gasteiger partial charge on any atom is -0.448 e. The first kappa shape index (κ1) is 20.6. The van der Waals surface area contributed by atoms with Crippen molar-refractivity contribution in [2.45, 2.75) is 71.1 Å². The molecular formula is C18H26N4O5. The largest absolute Gasteiger partial charge is 0.448 e. The van der Waals surface area contributed by atoms with Crippen LogP contribution in [0.15, 0.2) is 16.9 Å². The Morgan fingerprint density at radius 2 is 2.00 bits per heavy atom. The van der Waals surface area contributed by atoms with Crippen molar-refractivity contribution < 1.29 is 19.1 Å². The number of urea groups is 1. The molecular weight excluding hydrogens is 352 g/mol. The molecule has 9 heteroatoms. The number of ether oxygens (including phenoxy) is 1. The highest BCUT2D eigenvalue weighted by atomic mass is 16.5. The van der Waals surface area contributed by atoms with Gasteiger partial charge in [0.2, 0.25) is 0 Å². The maximum atomic E-state index is 12.2. The van der Waals surface area contributed by atoms with Gasteiger partial charge in [-0.05, 0) is 32.3 Å². The van der Waals surface area contributed by atoms with E-state index < -0.39 is 24.0 Å². The van der Waals surface area contributed by atoms with Gasteiger partial charge < -0.3 is 10.1 Å². The molecule has 1 unspecified atom stereocenters. The van der Waals surface area contributed by atoms with Gasteiger partial charge in [0.05, 0.1) is 0 Å². The molecule has 148 valence electrons. The minimum absolute atomic E-state index is 0.0687. The summed E-state index contributed by atoms with van der Waals surface area (Å²) < 4.78 is 6.25. The van der Waals surface area contributed by atoms with Crippen molar-refractivity contribution >= 4 is 17.9 Å². The molecule has 3 amide bonds. The Morgan fingerprint density at radius 3 is 2.67 bits per heavy atom. The summed E-state index contributed by atoms with van der Waals surface area (Å²) >= 11 is 0. The number of amides is 3. The van der Waals surface area contributed by atoms with Gasteiger partial charge in [-0.1, -0.05) is 26.2 Å². The van der Waals surface area contributed by atoms with Crippen LogP contribution in [0.1, 0.15) is 62.9 Å². The summed E-state index contributed by atoms with van der Waals surface area (Å²) in [4.78, 5) is 47.8. The van der Waals surface area contributed by atoms with Crippen LogP contribution in [0.5, 0.6) is 0 Å². The first-order valence-electron chi connectivity index (χ1n) is 9.31. The maximum absolute atomic E-state index is 12.2. The molecule has 0 radical (unpaired) electrons. The number of esters is 1. The molecule has 1 aromatic heterocycles. The van der Waals surface area contributed by atoms with Crippen LogP contribution in [0, 0.1) is 0 Å². The standard InChI is InChI=1S/C18H26N4O5/c1-3-4-11-22-15(23)10-9-14(21-22)17(25)27-12(2)16(24)20-18(26)19-13-7-5-6-8-13/h9-10,12-13H,3-8,11H2,1-2H3,(H2,19,20,24,26). The molecule has 1 aliphatic rings. The highest BCUT2D eigenvalue weighted by Crippen LogP contribution is 2.17. The first-order chi connectivity index (χ1) is 12.9. The molecule has 1 atom stereocenters. The van der Waals surface area contributed by atoms with E-state index in [4.69, 9.17) is 4.74 Å². The van der Waals surface area contributed by atoms with E-state index in [9.17, 15) is 19.2 Å². The second-order valence-electron chi connectivity index (χ2n) is 6.63. The van der Waals surface area contributed by atoms with E-state index in [0.717, 1.165) is 38.5 Å². The summed E-state index contributed by atoms with van der Waals surface area (Å²) in [5.41, 5.74) is -0.380. The van der Waals surface area contributed by atoms with Gasteiger partial charge in [-0.3, -0.25) is 14.9 Å². The van der Waals surface area contributed by atoms with Gasteiger partial charge >= 0.3 is 12.0 Å². The zero-order valence-corrected chi connectivity index (χ0v) is 15.7. The summed E-state index contributed by atoms with van der Waals surface area (Å²) in [7, 11) is 0. The molecule has 0 aromatic carbocycles. The molecule has 1 fully saturated rings. The monoisotopic (exact) mass is 378 g/mol. The topological polar surface area (TPSA) is 119 Å². The fourth-order valence-corrected chi connectivity index (χ4v) is 2.81. The van der Waals surface area contributed by atoms with E-state index in [0.29, 0.717) is 6.54 Å². The van der Waals surface area contributed by atoms with Gasteiger partial charge in [0.15, 0.2) is 11.8 Å². The Balaban J connectivity index is 1.89. The quantitative estimate of drug-likeness (QED) is 0.691. The molecule has 2 rings (SSSR count). The summed E-state index contributed by atoms with van der Waals surface area (Å²) in [6.07, 6.45) is 4.35. The smallest absolute Gasteiger partial charge is 0.359 e. The molecule has 0 saturated heterocycles. The van der Waals surface area contributed by atoms with Gasteiger partial charge in [-0.25, -0.2) is 14.3 Å². The van der Waals surface area contributed by atoms with Crippen LogP contribution in [0.25, 0.3) is 0 Å². The van der Waals surface area contributed by atoms with Crippen LogP contribution < -0.4 is 16.2 Å². The van der Waals surface area contributed by atoms with Crippen LogP contribution >= 0.6 is 0 Å². The number of aryl methyl sites for hydroxylation is 1. The number of carbonyl (C=O) groups excluding carboxylic acids is 3. The second kappa shape index (κ2) is 9.84. The fourth-order valence-electron chi connectivity index (χ4n) is 2.81. The lowest BCUT2D eigenvalue weighted by molar-refractivity contribution is -0.127. The summed E-state index contributed by atoms with van der Waals surface area (Å²) in [6.45, 7) is 3.74. The SMILES string of the molecule is CCCCn1nc(C(=O)OC(C)C(=O)NC(=O)NC2CCCC2)ccc1=O. The van der Waals surface area contributed by atoms with Gasteiger partial charge in [0, 0.05) is 18.7 Å². The highest BCUT2D eigenvalue weighted by molar-refractivity contribution is 5.98. The fraction of sp³-hybridized carbons (Fsp3) is 0.611. The third-order valence-corrected chi connectivity index (χ3v) is 4.38. The van der Waals surface area contributed by atoms with Crippen LogP contribution in [0.2, 0.25) is 0 Å². The normalized spacial score (nSPS) is 15.2. The minimum atomic E-state index is -1.18. The Kier molecular flexibility index (Phi) is 7.51. The average Bonchev–Trinajstić information content (AvgIpc) is 3.13. The van der Waals surface area contributed by atoms with Crippen molar-refractivity contribution in [1.82, 2.24) is 20.4 Å².